The van der Waals surface area contributed by atoms with Gasteiger partial charge in [-0.1, -0.05) is 112 Å². The third-order valence-corrected chi connectivity index (χ3v) is 8.04. The summed E-state index contributed by atoms with van der Waals surface area (Å²) in [4.78, 5) is 0. The first kappa shape index (κ1) is 25.1. The van der Waals surface area contributed by atoms with Gasteiger partial charge in [-0.05, 0) is 88.7 Å². The molecule has 0 saturated carbocycles. The molecule has 1 heteroatoms. The number of ether oxygens (including phenoxy) is 1. The summed E-state index contributed by atoms with van der Waals surface area (Å²) in [7, 11) is 0. The predicted molar refractivity (Wildman–Crippen MR) is 157 cm³/mol. The van der Waals surface area contributed by atoms with E-state index in [0.717, 1.165) is 31.4 Å². The van der Waals surface area contributed by atoms with Gasteiger partial charge in [0.1, 0.15) is 5.75 Å². The van der Waals surface area contributed by atoms with Crippen LogP contribution in [0.25, 0.3) is 11.1 Å². The Morgan fingerprint density at radius 2 is 1.24 bits per heavy atom. The summed E-state index contributed by atoms with van der Waals surface area (Å²) in [6.45, 7) is 10.6. The first-order valence-corrected chi connectivity index (χ1v) is 13.9. The summed E-state index contributed by atoms with van der Waals surface area (Å²) in [6, 6.07) is 32.0. The maximum absolute atomic E-state index is 5.87. The molecule has 1 aliphatic rings. The normalized spacial score (nSPS) is 13.2. The zero-order valence-electron chi connectivity index (χ0n) is 22.5. The topological polar surface area (TPSA) is 9.23 Å². The molecule has 188 valence electrons. The Morgan fingerprint density at radius 3 is 1.84 bits per heavy atom. The van der Waals surface area contributed by atoms with Crippen LogP contribution < -0.4 is 4.74 Å². The van der Waals surface area contributed by atoms with Gasteiger partial charge in [0.2, 0.25) is 0 Å². The van der Waals surface area contributed by atoms with Crippen molar-refractivity contribution in [2.24, 2.45) is 0 Å². The van der Waals surface area contributed by atoms with Gasteiger partial charge in [-0.3, -0.25) is 0 Å². The zero-order valence-corrected chi connectivity index (χ0v) is 22.5. The fourth-order valence-electron chi connectivity index (χ4n) is 6.15. The Labute approximate surface area is 222 Å². The van der Waals surface area contributed by atoms with E-state index in [1.165, 1.54) is 62.9 Å². The molecule has 0 heterocycles. The van der Waals surface area contributed by atoms with E-state index in [1.807, 2.05) is 0 Å². The van der Waals surface area contributed by atoms with E-state index in [9.17, 15) is 0 Å². The molecule has 5 rings (SSSR count). The fraction of sp³-hybridized carbons (Fsp3) is 0.278. The third kappa shape index (κ3) is 4.31. The number of hydrogen-bond acceptors (Lipinski definition) is 1. The van der Waals surface area contributed by atoms with Crippen LogP contribution in [0.1, 0.15) is 78.5 Å². The second kappa shape index (κ2) is 10.8. The highest BCUT2D eigenvalue weighted by Gasteiger charge is 2.46. The lowest BCUT2D eigenvalue weighted by Crippen LogP contribution is -2.29. The van der Waals surface area contributed by atoms with Gasteiger partial charge in [-0.2, -0.15) is 0 Å². The molecule has 0 unspecified atom stereocenters. The Morgan fingerprint density at radius 1 is 0.703 bits per heavy atom. The first-order chi connectivity index (χ1) is 18.1. The Hall–Kier alpha value is -3.58. The summed E-state index contributed by atoms with van der Waals surface area (Å²) in [6.07, 6.45) is 8.33. The van der Waals surface area contributed by atoms with Gasteiger partial charge < -0.3 is 4.74 Å². The highest BCUT2D eigenvalue weighted by molar-refractivity contribution is 5.86. The van der Waals surface area contributed by atoms with Crippen LogP contribution >= 0.6 is 0 Å². The number of unbranched alkanes of at least 4 members (excludes halogenated alkanes) is 2. The second-order valence-electron chi connectivity index (χ2n) is 10.3. The second-order valence-corrected chi connectivity index (χ2v) is 10.3. The molecule has 0 N–H and O–H groups in total. The van der Waals surface area contributed by atoms with Crippen LogP contribution in [0.15, 0.2) is 97.8 Å². The van der Waals surface area contributed by atoms with Gasteiger partial charge in [0.25, 0.3) is 0 Å². The molecule has 0 saturated heterocycles. The van der Waals surface area contributed by atoms with E-state index in [1.54, 1.807) is 6.26 Å². The number of benzene rings is 4. The standard InChI is InChI=1S/C36H38O/c1-5-8-14-27-24-29(21-20-26(27)4)36(30-22-23-35(37-7-3)28(25-30)15-9-6-2)33-18-12-10-16-31(33)32-17-11-13-19-34(32)36/h7,10-13,16-25H,3,5-6,8-9,14-15H2,1-2,4H3. The molecular weight excluding hydrogens is 448 g/mol. The van der Waals surface area contributed by atoms with Crippen LogP contribution in [0, 0.1) is 6.92 Å². The van der Waals surface area contributed by atoms with Crippen molar-refractivity contribution in [2.75, 3.05) is 0 Å². The SMILES string of the molecule is C=COc1ccc(C2(c3ccc(C)c(CCCC)c3)c3ccccc3-c3ccccc32)cc1CCCC. The summed E-state index contributed by atoms with van der Waals surface area (Å²) < 4.78 is 5.87. The van der Waals surface area contributed by atoms with Gasteiger partial charge in [-0.15, -0.1) is 0 Å². The van der Waals surface area contributed by atoms with E-state index in [0.29, 0.717) is 0 Å². The number of hydrogen-bond donors (Lipinski definition) is 0. The molecule has 0 bridgehead atoms. The average molecular weight is 487 g/mol. The predicted octanol–water partition coefficient (Wildman–Crippen LogP) is 9.57. The molecule has 0 amide bonds. The van der Waals surface area contributed by atoms with E-state index in [2.05, 4.69) is 112 Å². The van der Waals surface area contributed by atoms with Crippen LogP contribution in [0.5, 0.6) is 5.75 Å². The minimum absolute atomic E-state index is 0.379. The van der Waals surface area contributed by atoms with Gasteiger partial charge in [-0.25, -0.2) is 0 Å². The van der Waals surface area contributed by atoms with Crippen molar-refractivity contribution in [3.05, 3.63) is 137 Å². The van der Waals surface area contributed by atoms with Crippen molar-refractivity contribution in [2.45, 2.75) is 64.7 Å². The van der Waals surface area contributed by atoms with Crippen molar-refractivity contribution in [1.82, 2.24) is 0 Å². The molecule has 37 heavy (non-hydrogen) atoms. The van der Waals surface area contributed by atoms with Gasteiger partial charge >= 0.3 is 0 Å². The molecule has 1 aliphatic carbocycles. The molecule has 0 radical (unpaired) electrons. The third-order valence-electron chi connectivity index (χ3n) is 8.04. The quantitative estimate of drug-likeness (QED) is 0.179. The Bertz CT molecular complexity index is 1360. The van der Waals surface area contributed by atoms with Crippen LogP contribution in [0.4, 0.5) is 0 Å². The molecule has 0 fully saturated rings. The summed E-state index contributed by atoms with van der Waals surface area (Å²) in [5.74, 6) is 0.912. The number of aryl methyl sites for hydroxylation is 3. The largest absolute Gasteiger partial charge is 0.465 e. The minimum Gasteiger partial charge on any atom is -0.465 e. The molecular formula is C36H38O. The van der Waals surface area contributed by atoms with Crippen LogP contribution in [0.2, 0.25) is 0 Å². The Kier molecular flexibility index (Phi) is 7.33. The van der Waals surface area contributed by atoms with Crippen LogP contribution in [-0.4, -0.2) is 0 Å². The van der Waals surface area contributed by atoms with Gasteiger partial charge in [0.15, 0.2) is 0 Å². The van der Waals surface area contributed by atoms with E-state index in [4.69, 9.17) is 4.74 Å². The van der Waals surface area contributed by atoms with Crippen molar-refractivity contribution < 1.29 is 4.74 Å². The zero-order chi connectivity index (χ0) is 25.8. The highest BCUT2D eigenvalue weighted by atomic mass is 16.5. The molecule has 0 aliphatic heterocycles. The Balaban J connectivity index is 1.83. The molecule has 4 aromatic rings. The minimum atomic E-state index is -0.379. The lowest BCUT2D eigenvalue weighted by molar-refractivity contribution is 0.475. The fourth-order valence-corrected chi connectivity index (χ4v) is 6.15. The molecule has 0 atom stereocenters. The summed E-state index contributed by atoms with van der Waals surface area (Å²) in [5, 5.41) is 0. The van der Waals surface area contributed by atoms with Crippen molar-refractivity contribution >= 4 is 0 Å². The van der Waals surface area contributed by atoms with E-state index in [-0.39, 0.29) is 5.41 Å². The van der Waals surface area contributed by atoms with Crippen molar-refractivity contribution in [3.63, 3.8) is 0 Å². The summed E-state index contributed by atoms with van der Waals surface area (Å²) >= 11 is 0. The monoisotopic (exact) mass is 486 g/mol. The lowest BCUT2D eigenvalue weighted by atomic mass is 9.67. The lowest BCUT2D eigenvalue weighted by Gasteiger charge is -2.35. The van der Waals surface area contributed by atoms with Crippen LogP contribution in [0.3, 0.4) is 0 Å². The smallest absolute Gasteiger partial charge is 0.129 e. The highest BCUT2D eigenvalue weighted by Crippen LogP contribution is 2.56. The molecule has 0 aromatic heterocycles. The maximum Gasteiger partial charge on any atom is 0.129 e. The van der Waals surface area contributed by atoms with E-state index >= 15 is 0 Å². The van der Waals surface area contributed by atoms with Gasteiger partial charge in [0.05, 0.1) is 11.7 Å². The maximum atomic E-state index is 5.87. The van der Waals surface area contributed by atoms with Crippen molar-refractivity contribution in [1.29, 1.82) is 0 Å². The van der Waals surface area contributed by atoms with Crippen LogP contribution in [-0.2, 0) is 18.3 Å². The molecule has 4 aromatic carbocycles. The summed E-state index contributed by atoms with van der Waals surface area (Å²) in [5.41, 5.74) is 11.7. The van der Waals surface area contributed by atoms with Gasteiger partial charge in [0, 0.05) is 0 Å². The first-order valence-electron chi connectivity index (χ1n) is 13.9. The van der Waals surface area contributed by atoms with Crippen molar-refractivity contribution in [3.8, 4) is 16.9 Å². The number of rotatable bonds is 10. The number of fused-ring (bicyclic) bond motifs is 3. The molecule has 1 nitrogen and oxygen atoms in total. The average Bonchev–Trinajstić information content (AvgIpc) is 3.23. The molecule has 0 spiro atoms. The van der Waals surface area contributed by atoms with E-state index < -0.39 is 0 Å².